The zero-order valence-corrected chi connectivity index (χ0v) is 14.1. The van der Waals surface area contributed by atoms with E-state index < -0.39 is 6.04 Å². The molecule has 1 aromatic carbocycles. The lowest BCUT2D eigenvalue weighted by Crippen LogP contribution is -2.45. The molecule has 2 amide bonds. The van der Waals surface area contributed by atoms with Crippen molar-refractivity contribution in [2.45, 2.75) is 25.9 Å². The molecule has 134 valence electrons. The molecule has 0 aliphatic carbocycles. The van der Waals surface area contributed by atoms with E-state index >= 15 is 0 Å². The van der Waals surface area contributed by atoms with Gasteiger partial charge < -0.3 is 15.1 Å². The molecule has 0 radical (unpaired) electrons. The summed E-state index contributed by atoms with van der Waals surface area (Å²) in [6.45, 7) is 1.84. The molecule has 0 aliphatic heterocycles. The van der Waals surface area contributed by atoms with Crippen LogP contribution in [0.1, 0.15) is 18.4 Å². The van der Waals surface area contributed by atoms with Gasteiger partial charge in [-0.05, 0) is 25.1 Å². The predicted molar refractivity (Wildman–Crippen MR) is 94.2 cm³/mol. The zero-order valence-electron chi connectivity index (χ0n) is 14.1. The van der Waals surface area contributed by atoms with Crippen LogP contribution in [0, 0.1) is 0 Å². The Morgan fingerprint density at radius 1 is 1.19 bits per heavy atom. The van der Waals surface area contributed by atoms with E-state index in [2.05, 4.69) is 20.8 Å². The van der Waals surface area contributed by atoms with Crippen LogP contribution in [0.5, 0.6) is 0 Å². The molecule has 8 heteroatoms. The third-order valence-corrected chi connectivity index (χ3v) is 3.89. The molecule has 3 aromatic rings. The third-order valence-electron chi connectivity index (χ3n) is 3.89. The van der Waals surface area contributed by atoms with E-state index in [1.165, 1.54) is 6.26 Å². The molecule has 0 unspecified atom stereocenters. The van der Waals surface area contributed by atoms with Crippen molar-refractivity contribution >= 4 is 22.6 Å². The van der Waals surface area contributed by atoms with Crippen LogP contribution in [-0.2, 0) is 22.6 Å². The molecule has 0 saturated carbocycles. The second kappa shape index (κ2) is 7.64. The number of aromatic nitrogens is 2. The van der Waals surface area contributed by atoms with Crippen molar-refractivity contribution in [2.75, 3.05) is 0 Å². The number of furan rings is 1. The van der Waals surface area contributed by atoms with E-state index in [0.717, 1.165) is 0 Å². The predicted octanol–water partition coefficient (Wildman–Crippen LogP) is 0.880. The SMILES string of the molecule is C[C@H](NC(=O)Cc1n[nH]c(=O)c2ccccc12)C(=O)NCc1ccco1. The van der Waals surface area contributed by atoms with Crippen molar-refractivity contribution in [3.63, 3.8) is 0 Å². The van der Waals surface area contributed by atoms with Crippen molar-refractivity contribution in [1.29, 1.82) is 0 Å². The van der Waals surface area contributed by atoms with Gasteiger partial charge >= 0.3 is 0 Å². The molecule has 0 saturated heterocycles. The topological polar surface area (TPSA) is 117 Å². The molecular formula is C18H18N4O4. The fourth-order valence-corrected chi connectivity index (χ4v) is 2.56. The Kier molecular flexibility index (Phi) is 5.12. The van der Waals surface area contributed by atoms with Crippen molar-refractivity contribution in [3.05, 3.63) is 64.5 Å². The van der Waals surface area contributed by atoms with Gasteiger partial charge in [-0.3, -0.25) is 14.4 Å². The minimum absolute atomic E-state index is 0.0485. The summed E-state index contributed by atoms with van der Waals surface area (Å²) in [4.78, 5) is 36.1. The number of amides is 2. The molecule has 3 N–H and O–H groups in total. The maximum Gasteiger partial charge on any atom is 0.272 e. The van der Waals surface area contributed by atoms with Crippen LogP contribution in [0.2, 0.25) is 0 Å². The van der Waals surface area contributed by atoms with Gasteiger partial charge in [-0.15, -0.1) is 0 Å². The fourth-order valence-electron chi connectivity index (χ4n) is 2.56. The van der Waals surface area contributed by atoms with Gasteiger partial charge in [0.2, 0.25) is 11.8 Å². The average Bonchev–Trinajstić information content (AvgIpc) is 3.16. The molecule has 2 heterocycles. The summed E-state index contributed by atoms with van der Waals surface area (Å²) in [5.41, 5.74) is 0.135. The van der Waals surface area contributed by atoms with Crippen LogP contribution in [0.15, 0.2) is 51.9 Å². The Hall–Kier alpha value is -3.42. The van der Waals surface area contributed by atoms with E-state index in [1.54, 1.807) is 43.3 Å². The summed E-state index contributed by atoms with van der Waals surface area (Å²) in [7, 11) is 0. The molecule has 0 aliphatic rings. The Morgan fingerprint density at radius 3 is 2.69 bits per heavy atom. The highest BCUT2D eigenvalue weighted by Gasteiger charge is 2.17. The number of carbonyl (C=O) groups is 2. The molecular weight excluding hydrogens is 336 g/mol. The summed E-state index contributed by atoms with van der Waals surface area (Å²) in [6, 6.07) is 9.68. The first-order valence-corrected chi connectivity index (χ1v) is 8.10. The van der Waals surface area contributed by atoms with Crippen LogP contribution in [0.25, 0.3) is 10.8 Å². The van der Waals surface area contributed by atoms with E-state index in [9.17, 15) is 14.4 Å². The van der Waals surface area contributed by atoms with Gasteiger partial charge in [-0.1, -0.05) is 18.2 Å². The zero-order chi connectivity index (χ0) is 18.5. The van der Waals surface area contributed by atoms with Gasteiger partial charge in [0.05, 0.1) is 30.3 Å². The van der Waals surface area contributed by atoms with Crippen molar-refractivity contribution in [3.8, 4) is 0 Å². The van der Waals surface area contributed by atoms with Gasteiger partial charge in [-0.2, -0.15) is 5.10 Å². The lowest BCUT2D eigenvalue weighted by Gasteiger charge is -2.14. The van der Waals surface area contributed by atoms with Crippen LogP contribution in [-0.4, -0.2) is 28.1 Å². The lowest BCUT2D eigenvalue weighted by molar-refractivity contribution is -0.128. The average molecular weight is 354 g/mol. The number of rotatable bonds is 6. The van der Waals surface area contributed by atoms with Crippen LogP contribution >= 0.6 is 0 Å². The lowest BCUT2D eigenvalue weighted by atomic mass is 10.1. The summed E-state index contributed by atoms with van der Waals surface area (Å²) in [5.74, 6) is -0.0647. The Balaban J connectivity index is 1.61. The molecule has 8 nitrogen and oxygen atoms in total. The number of carbonyl (C=O) groups excluding carboxylic acids is 2. The van der Waals surface area contributed by atoms with E-state index in [1.807, 2.05) is 0 Å². The molecule has 26 heavy (non-hydrogen) atoms. The number of fused-ring (bicyclic) bond motifs is 1. The first-order chi connectivity index (χ1) is 12.5. The van der Waals surface area contributed by atoms with E-state index in [0.29, 0.717) is 22.2 Å². The highest BCUT2D eigenvalue weighted by molar-refractivity contribution is 5.91. The third kappa shape index (κ3) is 3.97. The van der Waals surface area contributed by atoms with Crippen LogP contribution < -0.4 is 16.2 Å². The standard InChI is InChI=1S/C18H18N4O4/c1-11(17(24)19-10-12-5-4-8-26-12)20-16(23)9-15-13-6-2-3-7-14(13)18(25)22-21-15/h2-8,11H,9-10H2,1H3,(H,19,24)(H,20,23)(H,22,25)/t11-/m0/s1. The molecule has 1 atom stereocenters. The van der Waals surface area contributed by atoms with Crippen LogP contribution in [0.4, 0.5) is 0 Å². The number of aromatic amines is 1. The van der Waals surface area contributed by atoms with E-state index in [-0.39, 0.29) is 30.3 Å². The van der Waals surface area contributed by atoms with Crippen molar-refractivity contribution in [2.24, 2.45) is 0 Å². The highest BCUT2D eigenvalue weighted by atomic mass is 16.3. The van der Waals surface area contributed by atoms with Crippen molar-refractivity contribution < 1.29 is 14.0 Å². The summed E-state index contributed by atoms with van der Waals surface area (Å²) in [5, 5.41) is 12.7. The molecule has 2 aromatic heterocycles. The fraction of sp³-hybridized carbons (Fsp3) is 0.222. The van der Waals surface area contributed by atoms with Crippen LogP contribution in [0.3, 0.4) is 0 Å². The number of benzene rings is 1. The summed E-state index contributed by atoms with van der Waals surface area (Å²) < 4.78 is 5.13. The first kappa shape index (κ1) is 17.4. The van der Waals surface area contributed by atoms with Crippen molar-refractivity contribution in [1.82, 2.24) is 20.8 Å². The van der Waals surface area contributed by atoms with Gasteiger partial charge in [0.15, 0.2) is 0 Å². The normalized spacial score (nSPS) is 11.9. The van der Waals surface area contributed by atoms with E-state index in [4.69, 9.17) is 4.42 Å². The molecule has 0 spiro atoms. The smallest absolute Gasteiger partial charge is 0.272 e. The summed E-state index contributed by atoms with van der Waals surface area (Å²) >= 11 is 0. The summed E-state index contributed by atoms with van der Waals surface area (Å²) in [6.07, 6.45) is 1.47. The maximum atomic E-state index is 12.2. The maximum absolute atomic E-state index is 12.2. The monoisotopic (exact) mass is 354 g/mol. The Morgan fingerprint density at radius 2 is 1.96 bits per heavy atom. The minimum Gasteiger partial charge on any atom is -0.467 e. The minimum atomic E-state index is -0.716. The number of nitrogens with zero attached hydrogens (tertiary/aromatic N) is 1. The number of H-pyrrole nitrogens is 1. The highest BCUT2D eigenvalue weighted by Crippen LogP contribution is 2.12. The molecule has 0 fully saturated rings. The Bertz CT molecular complexity index is 978. The Labute approximate surface area is 148 Å². The quantitative estimate of drug-likeness (QED) is 0.607. The second-order valence-corrected chi connectivity index (χ2v) is 5.81. The van der Waals surface area contributed by atoms with Gasteiger partial charge in [0, 0.05) is 5.39 Å². The number of nitrogens with one attached hydrogen (secondary N) is 3. The second-order valence-electron chi connectivity index (χ2n) is 5.81. The largest absolute Gasteiger partial charge is 0.467 e. The van der Waals surface area contributed by atoms with Gasteiger partial charge in [0.25, 0.3) is 5.56 Å². The number of hydrogen-bond donors (Lipinski definition) is 3. The molecule has 0 bridgehead atoms. The van der Waals surface area contributed by atoms with Gasteiger partial charge in [0.1, 0.15) is 11.8 Å². The molecule has 3 rings (SSSR count). The number of hydrogen-bond acceptors (Lipinski definition) is 5. The first-order valence-electron chi connectivity index (χ1n) is 8.10. The van der Waals surface area contributed by atoms with Gasteiger partial charge in [-0.25, -0.2) is 5.10 Å².